The number of halogens is 1. The van der Waals surface area contributed by atoms with E-state index >= 15 is 0 Å². The lowest BCUT2D eigenvalue weighted by Crippen LogP contribution is -2.36. The van der Waals surface area contributed by atoms with E-state index < -0.39 is 5.82 Å². The summed E-state index contributed by atoms with van der Waals surface area (Å²) in [5.74, 6) is -0.811. The Labute approximate surface area is 101 Å². The highest BCUT2D eigenvalue weighted by Gasteiger charge is 2.23. The second kappa shape index (κ2) is 5.47. The molecule has 1 atom stereocenters. The lowest BCUT2D eigenvalue weighted by atomic mass is 10.1. The molecule has 0 spiro atoms. The van der Waals surface area contributed by atoms with Crippen LogP contribution in [0.15, 0.2) is 18.2 Å². The minimum absolute atomic E-state index is 0.276. The number of phenols is 1. The van der Waals surface area contributed by atoms with Crippen LogP contribution >= 0.6 is 0 Å². The van der Waals surface area contributed by atoms with Crippen molar-refractivity contribution in [3.63, 3.8) is 0 Å². The highest BCUT2D eigenvalue weighted by atomic mass is 19.1. The van der Waals surface area contributed by atoms with Crippen LogP contribution in [0.2, 0.25) is 0 Å². The molecule has 3 nitrogen and oxygen atoms in total. The number of benzene rings is 1. The zero-order valence-electron chi connectivity index (χ0n) is 10.1. The Bertz CT molecular complexity index is 384. The van der Waals surface area contributed by atoms with Crippen LogP contribution in [0.4, 0.5) is 4.39 Å². The SMILES string of the molecule is CNCC1CCCN1Cc1ccc(O)c(F)c1. The molecule has 1 aliphatic rings. The largest absolute Gasteiger partial charge is 0.505 e. The van der Waals surface area contributed by atoms with Gasteiger partial charge in [-0.2, -0.15) is 0 Å². The number of phenolic OH excluding ortho intramolecular Hbond substituents is 1. The number of likely N-dealkylation sites (N-methyl/N-ethyl adjacent to an activating group) is 1. The first-order chi connectivity index (χ1) is 8.20. The molecule has 0 bridgehead atoms. The van der Waals surface area contributed by atoms with Crippen molar-refractivity contribution in [2.24, 2.45) is 0 Å². The summed E-state index contributed by atoms with van der Waals surface area (Å²) in [6, 6.07) is 5.17. The van der Waals surface area contributed by atoms with Gasteiger partial charge in [0.05, 0.1) is 0 Å². The van der Waals surface area contributed by atoms with Gasteiger partial charge in [0.1, 0.15) is 0 Å². The summed E-state index contributed by atoms with van der Waals surface area (Å²) in [7, 11) is 1.96. The average Bonchev–Trinajstić information content (AvgIpc) is 2.72. The van der Waals surface area contributed by atoms with Crippen LogP contribution in [0.3, 0.4) is 0 Å². The number of nitrogens with one attached hydrogen (secondary N) is 1. The molecule has 1 fully saturated rings. The van der Waals surface area contributed by atoms with Crippen molar-refractivity contribution >= 4 is 0 Å². The fraction of sp³-hybridized carbons (Fsp3) is 0.538. The standard InChI is InChI=1S/C13H19FN2O/c1-15-8-11-3-2-6-16(11)9-10-4-5-13(17)12(14)7-10/h4-5,7,11,15,17H,2-3,6,8-9H2,1H3. The quantitative estimate of drug-likeness (QED) is 0.838. The van der Waals surface area contributed by atoms with Crippen LogP contribution in [0.1, 0.15) is 18.4 Å². The summed E-state index contributed by atoms with van der Waals surface area (Å²) in [5.41, 5.74) is 0.920. The normalized spacial score (nSPS) is 20.9. The van der Waals surface area contributed by atoms with Gasteiger partial charge in [-0.3, -0.25) is 4.90 Å². The van der Waals surface area contributed by atoms with E-state index in [1.807, 2.05) is 7.05 Å². The fourth-order valence-corrected chi connectivity index (χ4v) is 2.45. The number of likely N-dealkylation sites (tertiary alicyclic amines) is 1. The van der Waals surface area contributed by atoms with Gasteiger partial charge in [-0.25, -0.2) is 4.39 Å². The third-order valence-electron chi connectivity index (χ3n) is 3.34. The first-order valence-electron chi connectivity index (χ1n) is 6.06. The van der Waals surface area contributed by atoms with Crippen molar-refractivity contribution in [2.45, 2.75) is 25.4 Å². The van der Waals surface area contributed by atoms with E-state index in [0.717, 1.165) is 25.2 Å². The van der Waals surface area contributed by atoms with E-state index in [0.29, 0.717) is 6.04 Å². The molecular formula is C13H19FN2O. The van der Waals surface area contributed by atoms with Gasteiger partial charge in [0, 0.05) is 19.1 Å². The highest BCUT2D eigenvalue weighted by Crippen LogP contribution is 2.22. The molecule has 2 rings (SSSR count). The summed E-state index contributed by atoms with van der Waals surface area (Å²) in [4.78, 5) is 2.36. The van der Waals surface area contributed by atoms with Crippen molar-refractivity contribution in [1.29, 1.82) is 0 Å². The molecule has 1 aromatic rings. The third-order valence-corrected chi connectivity index (χ3v) is 3.34. The van der Waals surface area contributed by atoms with E-state index in [4.69, 9.17) is 5.11 Å². The molecule has 1 unspecified atom stereocenters. The highest BCUT2D eigenvalue weighted by molar-refractivity contribution is 5.28. The molecule has 0 amide bonds. The summed E-state index contributed by atoms with van der Waals surface area (Å²) in [5, 5.41) is 12.3. The Morgan fingerprint density at radius 1 is 1.53 bits per heavy atom. The van der Waals surface area contributed by atoms with E-state index in [1.54, 1.807) is 6.07 Å². The number of hydrogen-bond acceptors (Lipinski definition) is 3. The minimum atomic E-state index is -0.535. The molecule has 0 aromatic heterocycles. The molecule has 4 heteroatoms. The molecule has 94 valence electrons. The van der Waals surface area contributed by atoms with Crippen molar-refractivity contribution in [3.05, 3.63) is 29.6 Å². The number of rotatable bonds is 4. The predicted molar refractivity (Wildman–Crippen MR) is 65.4 cm³/mol. The van der Waals surface area contributed by atoms with Crippen LogP contribution in [-0.4, -0.2) is 36.2 Å². The molecular weight excluding hydrogens is 219 g/mol. The lowest BCUT2D eigenvalue weighted by molar-refractivity contribution is 0.242. The Balaban J connectivity index is 2.02. The summed E-state index contributed by atoms with van der Waals surface area (Å²) in [6.07, 6.45) is 2.40. The van der Waals surface area contributed by atoms with E-state index in [-0.39, 0.29) is 5.75 Å². The van der Waals surface area contributed by atoms with E-state index in [1.165, 1.54) is 25.0 Å². The number of hydrogen-bond donors (Lipinski definition) is 2. The molecule has 1 aliphatic heterocycles. The summed E-state index contributed by atoms with van der Waals surface area (Å²) in [6.45, 7) is 2.79. The zero-order chi connectivity index (χ0) is 12.3. The van der Waals surface area contributed by atoms with Gasteiger partial charge in [0.2, 0.25) is 0 Å². The van der Waals surface area contributed by atoms with E-state index in [2.05, 4.69) is 10.2 Å². The smallest absolute Gasteiger partial charge is 0.165 e. The van der Waals surface area contributed by atoms with Crippen molar-refractivity contribution in [2.75, 3.05) is 20.1 Å². The first-order valence-corrected chi connectivity index (χ1v) is 6.06. The molecule has 0 saturated carbocycles. The van der Waals surface area contributed by atoms with Crippen molar-refractivity contribution < 1.29 is 9.50 Å². The Morgan fingerprint density at radius 2 is 2.35 bits per heavy atom. The summed E-state index contributed by atoms with van der Waals surface area (Å²) < 4.78 is 13.2. The predicted octanol–water partition coefficient (Wildman–Crippen LogP) is 1.72. The average molecular weight is 238 g/mol. The molecule has 1 saturated heterocycles. The maximum atomic E-state index is 13.2. The van der Waals surface area contributed by atoms with Gasteiger partial charge in [-0.05, 0) is 44.1 Å². The molecule has 0 radical (unpaired) electrons. The zero-order valence-corrected chi connectivity index (χ0v) is 10.1. The minimum Gasteiger partial charge on any atom is -0.505 e. The second-order valence-electron chi connectivity index (χ2n) is 4.61. The molecule has 17 heavy (non-hydrogen) atoms. The maximum absolute atomic E-state index is 13.2. The number of nitrogens with zero attached hydrogens (tertiary/aromatic N) is 1. The third kappa shape index (κ3) is 2.96. The van der Waals surface area contributed by atoms with Crippen molar-refractivity contribution in [1.82, 2.24) is 10.2 Å². The van der Waals surface area contributed by atoms with Crippen molar-refractivity contribution in [3.8, 4) is 5.75 Å². The van der Waals surface area contributed by atoms with Crippen LogP contribution in [-0.2, 0) is 6.54 Å². The molecule has 1 aromatic carbocycles. The van der Waals surface area contributed by atoms with Gasteiger partial charge >= 0.3 is 0 Å². The fourth-order valence-electron chi connectivity index (χ4n) is 2.45. The summed E-state index contributed by atoms with van der Waals surface area (Å²) >= 11 is 0. The molecule has 1 heterocycles. The van der Waals surface area contributed by atoms with E-state index in [9.17, 15) is 4.39 Å². The molecule has 0 aliphatic carbocycles. The molecule has 2 N–H and O–H groups in total. The van der Waals surface area contributed by atoms with Crippen LogP contribution in [0.5, 0.6) is 5.75 Å². The first kappa shape index (κ1) is 12.3. The number of aromatic hydroxyl groups is 1. The van der Waals surface area contributed by atoms with Crippen LogP contribution in [0, 0.1) is 5.82 Å². The van der Waals surface area contributed by atoms with Gasteiger partial charge < -0.3 is 10.4 Å². The van der Waals surface area contributed by atoms with Crippen LogP contribution in [0.25, 0.3) is 0 Å². The van der Waals surface area contributed by atoms with Gasteiger partial charge in [-0.1, -0.05) is 6.07 Å². The Hall–Kier alpha value is -1.13. The monoisotopic (exact) mass is 238 g/mol. The topological polar surface area (TPSA) is 35.5 Å². The Kier molecular flexibility index (Phi) is 3.97. The van der Waals surface area contributed by atoms with Crippen LogP contribution < -0.4 is 5.32 Å². The Morgan fingerprint density at radius 3 is 3.06 bits per heavy atom. The lowest BCUT2D eigenvalue weighted by Gasteiger charge is -2.24. The maximum Gasteiger partial charge on any atom is 0.165 e. The second-order valence-corrected chi connectivity index (χ2v) is 4.61. The van der Waals surface area contributed by atoms with Gasteiger partial charge in [-0.15, -0.1) is 0 Å². The van der Waals surface area contributed by atoms with Gasteiger partial charge in [0.25, 0.3) is 0 Å². The van der Waals surface area contributed by atoms with Gasteiger partial charge in [0.15, 0.2) is 11.6 Å².